The summed E-state index contributed by atoms with van der Waals surface area (Å²) in [6, 6.07) is 7.60. The van der Waals surface area contributed by atoms with Gasteiger partial charge in [0.05, 0.1) is 12.0 Å². The average molecular weight is 369 g/mol. The number of esters is 1. The number of nitrogens with one attached hydrogen (secondary N) is 1. The summed E-state index contributed by atoms with van der Waals surface area (Å²) in [6.07, 6.45) is 2.23. The van der Waals surface area contributed by atoms with E-state index in [-0.39, 0.29) is 17.8 Å². The molecular weight excluding hydrogens is 342 g/mol. The summed E-state index contributed by atoms with van der Waals surface area (Å²) >= 11 is 0. The smallest absolute Gasteiger partial charge is 0.313 e. The number of hydrazine groups is 1. The Morgan fingerprint density at radius 2 is 1.96 bits per heavy atom. The Morgan fingerprint density at radius 3 is 2.67 bits per heavy atom. The second-order valence-corrected chi connectivity index (χ2v) is 8.19. The van der Waals surface area contributed by atoms with Crippen LogP contribution in [0, 0.1) is 11.3 Å². The van der Waals surface area contributed by atoms with Gasteiger partial charge in [-0.3, -0.25) is 15.0 Å². The van der Waals surface area contributed by atoms with Crippen molar-refractivity contribution in [3.8, 4) is 0 Å². The van der Waals surface area contributed by atoms with Crippen LogP contribution in [0.15, 0.2) is 36.4 Å². The van der Waals surface area contributed by atoms with E-state index in [1.807, 2.05) is 29.3 Å². The van der Waals surface area contributed by atoms with Gasteiger partial charge in [0, 0.05) is 37.7 Å². The molecular formula is C21H27N3O3. The number of carbonyl (C=O) groups is 2. The van der Waals surface area contributed by atoms with Crippen molar-refractivity contribution < 1.29 is 14.3 Å². The van der Waals surface area contributed by atoms with Crippen LogP contribution in [0.25, 0.3) is 0 Å². The summed E-state index contributed by atoms with van der Waals surface area (Å²) < 4.78 is 5.34. The first-order chi connectivity index (χ1) is 13.0. The fourth-order valence-electron chi connectivity index (χ4n) is 4.53. The van der Waals surface area contributed by atoms with Gasteiger partial charge in [0.25, 0.3) is 5.91 Å². The molecule has 1 aromatic carbocycles. The maximum atomic E-state index is 12.5. The molecule has 144 valence electrons. The van der Waals surface area contributed by atoms with Gasteiger partial charge in [-0.15, -0.1) is 0 Å². The molecule has 3 fully saturated rings. The Kier molecular flexibility index (Phi) is 4.78. The Bertz CT molecular complexity index is 752. The second-order valence-electron chi connectivity index (χ2n) is 8.19. The number of likely N-dealkylation sites (N-methyl/N-ethyl adjacent to an activating group) is 1. The molecule has 27 heavy (non-hydrogen) atoms. The molecule has 2 heterocycles. The minimum absolute atomic E-state index is 0.0864. The van der Waals surface area contributed by atoms with Crippen LogP contribution >= 0.6 is 0 Å². The summed E-state index contributed by atoms with van der Waals surface area (Å²) in [6.45, 7) is 8.15. The average Bonchev–Trinajstić information content (AvgIpc) is 3.12. The summed E-state index contributed by atoms with van der Waals surface area (Å²) in [4.78, 5) is 27.1. The predicted molar refractivity (Wildman–Crippen MR) is 102 cm³/mol. The van der Waals surface area contributed by atoms with Gasteiger partial charge < -0.3 is 9.64 Å². The molecule has 2 saturated heterocycles. The Labute approximate surface area is 160 Å². The lowest BCUT2D eigenvalue weighted by Gasteiger charge is -2.32. The van der Waals surface area contributed by atoms with Gasteiger partial charge >= 0.3 is 5.97 Å². The standard InChI is InChI=1S/C21H27N3O3/c1-15-11-18-14-27-20(26)21(18,12-15)13-16-3-5-17(6-4-16)19(25)22-24-9-7-23(2)8-10-24/h3-6,18H,1,7-14H2,2H3,(H,22,25). The third-order valence-corrected chi connectivity index (χ3v) is 6.20. The number of rotatable bonds is 4. The van der Waals surface area contributed by atoms with Crippen LogP contribution in [0.4, 0.5) is 0 Å². The van der Waals surface area contributed by atoms with Crippen LogP contribution in [-0.2, 0) is 16.0 Å². The number of benzene rings is 1. The molecule has 0 radical (unpaired) electrons. The highest BCUT2D eigenvalue weighted by molar-refractivity contribution is 5.93. The number of cyclic esters (lactones) is 1. The molecule has 2 atom stereocenters. The Hall–Kier alpha value is -2.18. The summed E-state index contributed by atoms with van der Waals surface area (Å²) in [5.74, 6) is 0.0532. The monoisotopic (exact) mass is 369 g/mol. The number of nitrogens with zero attached hydrogens (tertiary/aromatic N) is 2. The topological polar surface area (TPSA) is 61.9 Å². The lowest BCUT2D eigenvalue weighted by Crippen LogP contribution is -2.52. The minimum Gasteiger partial charge on any atom is -0.465 e. The Morgan fingerprint density at radius 1 is 1.26 bits per heavy atom. The molecule has 1 amide bonds. The molecule has 6 nitrogen and oxygen atoms in total. The van der Waals surface area contributed by atoms with E-state index in [1.165, 1.54) is 0 Å². The molecule has 3 aliphatic rings. The fraction of sp³-hybridized carbons (Fsp3) is 0.524. The number of piperazine rings is 1. The zero-order chi connectivity index (χ0) is 19.0. The number of hydrogen-bond donors (Lipinski definition) is 1. The van der Waals surface area contributed by atoms with Gasteiger partial charge in [-0.05, 0) is 44.0 Å². The van der Waals surface area contributed by atoms with E-state index in [4.69, 9.17) is 4.74 Å². The first kappa shape index (κ1) is 18.2. The molecule has 1 saturated carbocycles. The van der Waals surface area contributed by atoms with Crippen LogP contribution in [0.5, 0.6) is 0 Å². The van der Waals surface area contributed by atoms with E-state index in [1.54, 1.807) is 0 Å². The van der Waals surface area contributed by atoms with Gasteiger partial charge in [0.15, 0.2) is 0 Å². The van der Waals surface area contributed by atoms with Gasteiger partial charge in [0.2, 0.25) is 0 Å². The third kappa shape index (κ3) is 3.51. The molecule has 2 unspecified atom stereocenters. The normalized spacial score (nSPS) is 28.9. The molecule has 1 aromatic rings. The van der Waals surface area contributed by atoms with E-state index in [0.29, 0.717) is 25.0 Å². The predicted octanol–water partition coefficient (Wildman–Crippen LogP) is 1.63. The van der Waals surface area contributed by atoms with Crippen molar-refractivity contribution in [3.05, 3.63) is 47.5 Å². The number of ether oxygens (including phenoxy) is 1. The van der Waals surface area contributed by atoms with Gasteiger partial charge in [0.1, 0.15) is 0 Å². The minimum atomic E-state index is -0.458. The van der Waals surface area contributed by atoms with Crippen LogP contribution in [-0.4, -0.2) is 61.6 Å². The first-order valence-corrected chi connectivity index (χ1v) is 9.63. The molecule has 1 aliphatic carbocycles. The van der Waals surface area contributed by atoms with Gasteiger partial charge in [-0.25, -0.2) is 5.01 Å². The Balaban J connectivity index is 1.41. The highest BCUT2D eigenvalue weighted by Gasteiger charge is 2.55. The van der Waals surface area contributed by atoms with Crippen molar-refractivity contribution >= 4 is 11.9 Å². The highest BCUT2D eigenvalue weighted by atomic mass is 16.5. The molecule has 4 rings (SSSR count). The van der Waals surface area contributed by atoms with Gasteiger partial charge in [-0.2, -0.15) is 0 Å². The summed E-state index contributed by atoms with van der Waals surface area (Å²) in [7, 11) is 2.09. The molecule has 1 N–H and O–H groups in total. The zero-order valence-corrected chi connectivity index (χ0v) is 15.9. The van der Waals surface area contributed by atoms with E-state index in [0.717, 1.165) is 43.7 Å². The lowest BCUT2D eigenvalue weighted by atomic mass is 9.75. The molecule has 2 aliphatic heterocycles. The summed E-state index contributed by atoms with van der Waals surface area (Å²) in [5.41, 5.74) is 5.36. The molecule has 0 spiro atoms. The van der Waals surface area contributed by atoms with Crippen LogP contribution in [0.2, 0.25) is 0 Å². The maximum Gasteiger partial charge on any atom is 0.313 e. The number of fused-ring (bicyclic) bond motifs is 1. The van der Waals surface area contributed by atoms with Crippen LogP contribution in [0.3, 0.4) is 0 Å². The molecule has 0 bridgehead atoms. The van der Waals surface area contributed by atoms with Crippen LogP contribution in [0.1, 0.15) is 28.8 Å². The largest absolute Gasteiger partial charge is 0.465 e. The SMILES string of the molecule is C=C1CC2COC(=O)C2(Cc2ccc(C(=O)NN3CCN(C)CC3)cc2)C1. The molecule has 0 aromatic heterocycles. The number of carbonyl (C=O) groups excluding carboxylic acids is 2. The third-order valence-electron chi connectivity index (χ3n) is 6.20. The lowest BCUT2D eigenvalue weighted by molar-refractivity contribution is -0.146. The van der Waals surface area contributed by atoms with Crippen molar-refractivity contribution in [1.82, 2.24) is 15.3 Å². The summed E-state index contributed by atoms with van der Waals surface area (Å²) in [5, 5.41) is 1.97. The number of amides is 1. The van der Waals surface area contributed by atoms with Crippen molar-refractivity contribution in [2.75, 3.05) is 39.8 Å². The van der Waals surface area contributed by atoms with Crippen molar-refractivity contribution in [1.29, 1.82) is 0 Å². The number of hydrogen-bond acceptors (Lipinski definition) is 5. The maximum absolute atomic E-state index is 12.5. The zero-order valence-electron chi connectivity index (χ0n) is 15.9. The quantitative estimate of drug-likeness (QED) is 0.646. The number of allylic oxidation sites excluding steroid dienone is 1. The van der Waals surface area contributed by atoms with Gasteiger partial charge in [-0.1, -0.05) is 24.3 Å². The van der Waals surface area contributed by atoms with Crippen LogP contribution < -0.4 is 5.43 Å². The van der Waals surface area contributed by atoms with Crippen molar-refractivity contribution in [2.45, 2.75) is 19.3 Å². The highest BCUT2D eigenvalue weighted by Crippen LogP contribution is 2.52. The van der Waals surface area contributed by atoms with E-state index >= 15 is 0 Å². The van der Waals surface area contributed by atoms with E-state index in [2.05, 4.69) is 24.0 Å². The first-order valence-electron chi connectivity index (χ1n) is 9.63. The second kappa shape index (κ2) is 7.09. The van der Waals surface area contributed by atoms with E-state index < -0.39 is 5.41 Å². The van der Waals surface area contributed by atoms with Crippen molar-refractivity contribution in [3.63, 3.8) is 0 Å². The van der Waals surface area contributed by atoms with Crippen molar-refractivity contribution in [2.24, 2.45) is 11.3 Å². The fourth-order valence-corrected chi connectivity index (χ4v) is 4.53. The molecule has 6 heteroatoms. The van der Waals surface area contributed by atoms with E-state index in [9.17, 15) is 9.59 Å².